The Morgan fingerprint density at radius 2 is 1.05 bits per heavy atom. The first-order valence-corrected chi connectivity index (χ1v) is 11.5. The minimum Gasteiger partial charge on any atom is -0.229 e. The van der Waals surface area contributed by atoms with Crippen molar-refractivity contribution in [2.45, 2.75) is 116 Å². The number of hydrogen-bond acceptors (Lipinski definition) is 2. The summed E-state index contributed by atoms with van der Waals surface area (Å²) in [6, 6.07) is 0. The molecule has 0 aliphatic rings. The Morgan fingerprint density at radius 1 is 0.636 bits per heavy atom. The summed E-state index contributed by atoms with van der Waals surface area (Å²) in [5.74, 6) is 0.401. The summed E-state index contributed by atoms with van der Waals surface area (Å²) in [6.07, 6.45) is 16.6. The molecule has 0 saturated heterocycles. The molecule has 3 heteroatoms. The van der Waals surface area contributed by atoms with Gasteiger partial charge in [0.05, 0.1) is 11.0 Å². The third-order valence-electron chi connectivity index (χ3n) is 4.61. The van der Waals surface area contributed by atoms with Crippen LogP contribution in [0.1, 0.15) is 111 Å². The maximum absolute atomic E-state index is 12.2. The Labute approximate surface area is 140 Å². The Morgan fingerprint density at radius 3 is 1.55 bits per heavy atom. The lowest BCUT2D eigenvalue weighted by atomic mass is 10.1. The molecule has 0 aromatic heterocycles. The second-order valence-corrected chi connectivity index (χ2v) is 9.39. The zero-order chi connectivity index (χ0) is 16.7. The van der Waals surface area contributed by atoms with Crippen molar-refractivity contribution in [2.24, 2.45) is 0 Å². The highest BCUT2D eigenvalue weighted by Gasteiger charge is 2.19. The average Bonchev–Trinajstić information content (AvgIpc) is 2.49. The van der Waals surface area contributed by atoms with Crippen LogP contribution in [-0.4, -0.2) is 19.4 Å². The van der Waals surface area contributed by atoms with Gasteiger partial charge in [-0.3, -0.25) is 0 Å². The minimum absolute atomic E-state index is 0.140. The lowest BCUT2D eigenvalue weighted by Gasteiger charge is -2.12. The molecule has 1 unspecified atom stereocenters. The molecule has 0 aliphatic carbocycles. The summed E-state index contributed by atoms with van der Waals surface area (Å²) in [7, 11) is -2.85. The largest absolute Gasteiger partial charge is 0.229 e. The van der Waals surface area contributed by atoms with Crippen molar-refractivity contribution < 1.29 is 8.42 Å². The standard InChI is InChI=1S/C19H40O2S/c1-4-6-8-10-11-12-13-14-16-18-22(20,21)19(3)17-15-9-7-5-2/h19H,4-18H2,1-3H3. The Balaban J connectivity index is 3.58. The highest BCUT2D eigenvalue weighted by molar-refractivity contribution is 7.91. The zero-order valence-electron chi connectivity index (χ0n) is 15.4. The molecule has 1 atom stereocenters. The predicted molar refractivity (Wildman–Crippen MR) is 99.2 cm³/mol. The summed E-state index contributed by atoms with van der Waals surface area (Å²) in [6.45, 7) is 6.32. The molecule has 0 aromatic carbocycles. The molecule has 0 saturated carbocycles. The van der Waals surface area contributed by atoms with Crippen molar-refractivity contribution in [3.63, 3.8) is 0 Å². The van der Waals surface area contributed by atoms with Gasteiger partial charge in [0.2, 0.25) is 0 Å². The lowest BCUT2D eigenvalue weighted by molar-refractivity contribution is 0.551. The van der Waals surface area contributed by atoms with Crippen molar-refractivity contribution in [1.82, 2.24) is 0 Å². The molecule has 0 spiro atoms. The average molecular weight is 333 g/mol. The van der Waals surface area contributed by atoms with Crippen LogP contribution in [0, 0.1) is 0 Å². The molecule has 0 aromatic rings. The molecule has 2 nitrogen and oxygen atoms in total. The quantitative estimate of drug-likeness (QED) is 0.311. The molecular formula is C19H40O2S. The van der Waals surface area contributed by atoms with Gasteiger partial charge in [-0.25, -0.2) is 8.42 Å². The van der Waals surface area contributed by atoms with Gasteiger partial charge in [-0.2, -0.15) is 0 Å². The number of unbranched alkanes of at least 4 members (excludes halogenated alkanes) is 11. The van der Waals surface area contributed by atoms with Crippen molar-refractivity contribution in [2.75, 3.05) is 5.75 Å². The van der Waals surface area contributed by atoms with Crippen molar-refractivity contribution in [3.8, 4) is 0 Å². The van der Waals surface area contributed by atoms with Crippen LogP contribution in [0.2, 0.25) is 0 Å². The minimum atomic E-state index is -2.85. The van der Waals surface area contributed by atoms with E-state index < -0.39 is 9.84 Å². The first-order chi connectivity index (χ1) is 10.5. The Bertz CT molecular complexity index is 322. The fourth-order valence-corrected chi connectivity index (χ4v) is 4.39. The van der Waals surface area contributed by atoms with Crippen LogP contribution >= 0.6 is 0 Å². The third kappa shape index (κ3) is 12.5. The molecule has 134 valence electrons. The summed E-state index contributed by atoms with van der Waals surface area (Å²) in [4.78, 5) is 0. The Kier molecular flexibility index (Phi) is 14.5. The third-order valence-corrected chi connectivity index (χ3v) is 6.93. The zero-order valence-corrected chi connectivity index (χ0v) is 16.2. The van der Waals surface area contributed by atoms with Crippen LogP contribution in [0.3, 0.4) is 0 Å². The smallest absolute Gasteiger partial charge is 0.152 e. The van der Waals surface area contributed by atoms with Crippen LogP contribution in [0.5, 0.6) is 0 Å². The molecule has 0 rings (SSSR count). The fourth-order valence-electron chi connectivity index (χ4n) is 2.85. The van der Waals surface area contributed by atoms with Crippen molar-refractivity contribution in [1.29, 1.82) is 0 Å². The van der Waals surface area contributed by atoms with E-state index in [0.717, 1.165) is 25.7 Å². The van der Waals surface area contributed by atoms with Gasteiger partial charge < -0.3 is 0 Å². The van der Waals surface area contributed by atoms with E-state index in [1.165, 1.54) is 64.2 Å². The van der Waals surface area contributed by atoms with Gasteiger partial charge in [0, 0.05) is 0 Å². The second kappa shape index (κ2) is 14.5. The van der Waals surface area contributed by atoms with E-state index in [1.54, 1.807) is 0 Å². The van der Waals surface area contributed by atoms with Crippen LogP contribution in [0.15, 0.2) is 0 Å². The van der Waals surface area contributed by atoms with E-state index in [0.29, 0.717) is 5.75 Å². The van der Waals surface area contributed by atoms with Crippen LogP contribution < -0.4 is 0 Å². The molecule has 0 heterocycles. The summed E-state index contributed by atoms with van der Waals surface area (Å²) >= 11 is 0. The van der Waals surface area contributed by atoms with Gasteiger partial charge in [0.1, 0.15) is 0 Å². The maximum atomic E-state index is 12.2. The van der Waals surface area contributed by atoms with Gasteiger partial charge >= 0.3 is 0 Å². The molecule has 0 N–H and O–H groups in total. The number of rotatable bonds is 16. The fraction of sp³-hybridized carbons (Fsp3) is 1.00. The van der Waals surface area contributed by atoms with E-state index in [1.807, 2.05) is 6.92 Å². The SMILES string of the molecule is CCCCCCCCCCCS(=O)(=O)C(C)CCCCCC. The van der Waals surface area contributed by atoms with Crippen LogP contribution in [0.4, 0.5) is 0 Å². The monoisotopic (exact) mass is 332 g/mol. The van der Waals surface area contributed by atoms with Crippen molar-refractivity contribution in [3.05, 3.63) is 0 Å². The van der Waals surface area contributed by atoms with E-state index in [9.17, 15) is 8.42 Å². The van der Waals surface area contributed by atoms with Gasteiger partial charge in [-0.05, 0) is 19.8 Å². The van der Waals surface area contributed by atoms with Gasteiger partial charge in [-0.15, -0.1) is 0 Å². The molecular weight excluding hydrogens is 292 g/mol. The summed E-state index contributed by atoms with van der Waals surface area (Å²) in [5.41, 5.74) is 0. The van der Waals surface area contributed by atoms with E-state index in [2.05, 4.69) is 13.8 Å². The molecule has 0 aliphatic heterocycles. The number of hydrogen-bond donors (Lipinski definition) is 0. The highest BCUT2D eigenvalue weighted by Crippen LogP contribution is 2.15. The van der Waals surface area contributed by atoms with E-state index in [-0.39, 0.29) is 5.25 Å². The first kappa shape index (κ1) is 21.9. The van der Waals surface area contributed by atoms with Gasteiger partial charge in [0.25, 0.3) is 0 Å². The summed E-state index contributed by atoms with van der Waals surface area (Å²) < 4.78 is 24.4. The maximum Gasteiger partial charge on any atom is 0.152 e. The second-order valence-electron chi connectivity index (χ2n) is 6.86. The number of sulfone groups is 1. The normalized spacial score (nSPS) is 13.4. The van der Waals surface area contributed by atoms with Crippen LogP contribution in [0.25, 0.3) is 0 Å². The summed E-state index contributed by atoms with van der Waals surface area (Å²) in [5, 5.41) is -0.140. The topological polar surface area (TPSA) is 34.1 Å². The van der Waals surface area contributed by atoms with E-state index >= 15 is 0 Å². The van der Waals surface area contributed by atoms with Gasteiger partial charge in [0.15, 0.2) is 9.84 Å². The van der Waals surface area contributed by atoms with E-state index in [4.69, 9.17) is 0 Å². The molecule has 0 radical (unpaired) electrons. The molecule has 0 amide bonds. The first-order valence-electron chi connectivity index (χ1n) is 9.76. The van der Waals surface area contributed by atoms with Gasteiger partial charge in [-0.1, -0.05) is 90.9 Å². The highest BCUT2D eigenvalue weighted by atomic mass is 32.2. The molecule has 0 bridgehead atoms. The lowest BCUT2D eigenvalue weighted by Crippen LogP contribution is -2.21. The van der Waals surface area contributed by atoms with Crippen LogP contribution in [-0.2, 0) is 9.84 Å². The molecule has 22 heavy (non-hydrogen) atoms. The Hall–Kier alpha value is -0.0500. The van der Waals surface area contributed by atoms with Crippen molar-refractivity contribution >= 4 is 9.84 Å². The molecule has 0 fully saturated rings. The predicted octanol–water partition coefficient (Wildman–Crippen LogP) is 6.29.